The van der Waals surface area contributed by atoms with Crippen LogP contribution in [0.25, 0.3) is 0 Å². The van der Waals surface area contributed by atoms with Crippen LogP contribution in [-0.4, -0.2) is 0 Å². The van der Waals surface area contributed by atoms with Gasteiger partial charge < -0.3 is 9.47 Å². The van der Waals surface area contributed by atoms with Crippen molar-refractivity contribution in [1.82, 2.24) is 0 Å². The van der Waals surface area contributed by atoms with Crippen LogP contribution in [0.3, 0.4) is 0 Å². The van der Waals surface area contributed by atoms with E-state index in [2.05, 4.69) is 78.3 Å². The normalized spacial score (nSPS) is 11.0. The van der Waals surface area contributed by atoms with Gasteiger partial charge in [-0.05, 0) is 89.1 Å². The maximum Gasteiger partial charge on any atom is 0.145 e. The number of hydrogen-bond donors (Lipinski definition) is 0. The standard InChI is InChI=1S/C34H45BrO2/c1-3-5-7-9-11-13-16-28-20-24-30(25-21-28)36-32-18-15-19-33(34(32)35)37-31-26-22-29(23-27-31)17-14-12-10-8-6-4-2/h15,18-27H,3-14,16-17H2,1-2H3. The molecule has 3 aromatic carbocycles. The highest BCUT2D eigenvalue weighted by molar-refractivity contribution is 9.10. The highest BCUT2D eigenvalue weighted by Crippen LogP contribution is 2.39. The van der Waals surface area contributed by atoms with Gasteiger partial charge >= 0.3 is 0 Å². The molecule has 0 spiro atoms. The van der Waals surface area contributed by atoms with E-state index in [1.807, 2.05) is 18.2 Å². The molecule has 0 amide bonds. The SMILES string of the molecule is CCCCCCCCc1ccc(Oc2cccc(Oc3ccc(CCCCCCCC)cc3)c2Br)cc1. The van der Waals surface area contributed by atoms with Crippen LogP contribution in [0.4, 0.5) is 0 Å². The van der Waals surface area contributed by atoms with Gasteiger partial charge in [-0.15, -0.1) is 0 Å². The average molecular weight is 566 g/mol. The lowest BCUT2D eigenvalue weighted by atomic mass is 10.0. The second-order valence-electron chi connectivity index (χ2n) is 10.1. The van der Waals surface area contributed by atoms with Gasteiger partial charge in [-0.2, -0.15) is 0 Å². The summed E-state index contributed by atoms with van der Waals surface area (Å²) in [6.45, 7) is 4.53. The molecule has 0 N–H and O–H groups in total. The Morgan fingerprint density at radius 2 is 0.865 bits per heavy atom. The second-order valence-corrected chi connectivity index (χ2v) is 10.9. The third-order valence-corrected chi connectivity index (χ3v) is 7.65. The van der Waals surface area contributed by atoms with Crippen molar-refractivity contribution in [3.63, 3.8) is 0 Å². The predicted molar refractivity (Wildman–Crippen MR) is 161 cm³/mol. The Kier molecular flexibility index (Phi) is 13.7. The maximum atomic E-state index is 6.18. The van der Waals surface area contributed by atoms with Crippen molar-refractivity contribution in [2.24, 2.45) is 0 Å². The van der Waals surface area contributed by atoms with Gasteiger partial charge in [0, 0.05) is 0 Å². The van der Waals surface area contributed by atoms with Gasteiger partial charge in [0.05, 0.1) is 0 Å². The molecule has 0 bridgehead atoms. The molecule has 0 aromatic heterocycles. The van der Waals surface area contributed by atoms with Crippen LogP contribution in [0.2, 0.25) is 0 Å². The number of rotatable bonds is 18. The number of hydrogen-bond acceptors (Lipinski definition) is 2. The Hall–Kier alpha value is -2.26. The lowest BCUT2D eigenvalue weighted by Crippen LogP contribution is -1.91. The van der Waals surface area contributed by atoms with E-state index in [0.29, 0.717) is 0 Å². The molecule has 2 nitrogen and oxygen atoms in total. The summed E-state index contributed by atoms with van der Waals surface area (Å²) >= 11 is 3.70. The first-order valence-corrected chi connectivity index (χ1v) is 15.3. The summed E-state index contributed by atoms with van der Waals surface area (Å²) in [5.41, 5.74) is 2.75. The molecule has 0 aliphatic rings. The maximum absolute atomic E-state index is 6.18. The van der Waals surface area contributed by atoms with Crippen LogP contribution < -0.4 is 9.47 Å². The van der Waals surface area contributed by atoms with Crippen molar-refractivity contribution >= 4 is 15.9 Å². The van der Waals surface area contributed by atoms with Gasteiger partial charge in [0.2, 0.25) is 0 Å². The molecule has 0 heterocycles. The zero-order valence-corrected chi connectivity index (χ0v) is 24.5. The van der Waals surface area contributed by atoms with Crippen molar-refractivity contribution in [3.05, 3.63) is 82.3 Å². The molecule has 0 unspecified atom stereocenters. The third kappa shape index (κ3) is 10.9. The van der Waals surface area contributed by atoms with Crippen LogP contribution in [0.5, 0.6) is 23.0 Å². The molecule has 0 radical (unpaired) electrons. The summed E-state index contributed by atoms with van der Waals surface area (Å²) in [5, 5.41) is 0. The summed E-state index contributed by atoms with van der Waals surface area (Å²) in [6.07, 6.45) is 18.2. The highest BCUT2D eigenvalue weighted by Gasteiger charge is 2.10. The molecular weight excluding hydrogens is 520 g/mol. The first-order chi connectivity index (χ1) is 18.2. The number of halogens is 1. The quantitative estimate of drug-likeness (QED) is 0.143. The topological polar surface area (TPSA) is 18.5 Å². The molecule has 3 rings (SSSR count). The largest absolute Gasteiger partial charge is 0.456 e. The molecule has 200 valence electrons. The summed E-state index contributed by atoms with van der Waals surface area (Å²) < 4.78 is 13.2. The molecule has 0 saturated heterocycles. The fraction of sp³-hybridized carbons (Fsp3) is 0.471. The lowest BCUT2D eigenvalue weighted by molar-refractivity contribution is 0.454. The van der Waals surface area contributed by atoms with Gasteiger partial charge in [0.25, 0.3) is 0 Å². The first-order valence-electron chi connectivity index (χ1n) is 14.5. The minimum Gasteiger partial charge on any atom is -0.456 e. The van der Waals surface area contributed by atoms with Crippen LogP contribution >= 0.6 is 15.9 Å². The van der Waals surface area contributed by atoms with Crippen LogP contribution in [0, 0.1) is 0 Å². The van der Waals surface area contributed by atoms with Gasteiger partial charge in [-0.1, -0.05) is 108 Å². The first kappa shape index (κ1) is 29.3. The molecular formula is C34H45BrO2. The molecule has 3 aromatic rings. The molecule has 0 aliphatic heterocycles. The van der Waals surface area contributed by atoms with Crippen molar-refractivity contribution in [2.45, 2.75) is 104 Å². The predicted octanol–water partition coefficient (Wildman–Crippen LogP) is 11.8. The van der Waals surface area contributed by atoms with Crippen molar-refractivity contribution in [1.29, 1.82) is 0 Å². The summed E-state index contributed by atoms with van der Waals surface area (Å²) in [7, 11) is 0. The molecule has 0 atom stereocenters. The average Bonchev–Trinajstić information content (AvgIpc) is 2.92. The smallest absolute Gasteiger partial charge is 0.145 e. The van der Waals surface area contributed by atoms with Gasteiger partial charge in [-0.3, -0.25) is 0 Å². The van der Waals surface area contributed by atoms with E-state index in [0.717, 1.165) is 40.3 Å². The van der Waals surface area contributed by atoms with E-state index < -0.39 is 0 Å². The molecule has 37 heavy (non-hydrogen) atoms. The fourth-order valence-electron chi connectivity index (χ4n) is 4.57. The van der Waals surface area contributed by atoms with Crippen LogP contribution in [-0.2, 0) is 12.8 Å². The van der Waals surface area contributed by atoms with Gasteiger partial charge in [-0.25, -0.2) is 0 Å². The molecule has 0 fully saturated rings. The zero-order chi connectivity index (χ0) is 26.1. The third-order valence-electron chi connectivity index (χ3n) is 6.87. The molecule has 0 aliphatic carbocycles. The Balaban J connectivity index is 1.47. The van der Waals surface area contributed by atoms with Crippen LogP contribution in [0.1, 0.15) is 102 Å². The number of aryl methyl sites for hydroxylation is 2. The van der Waals surface area contributed by atoms with Crippen molar-refractivity contribution in [3.8, 4) is 23.0 Å². The minimum absolute atomic E-state index is 0.751. The summed E-state index contributed by atoms with van der Waals surface area (Å²) in [6, 6.07) is 22.9. The Morgan fingerprint density at radius 1 is 0.486 bits per heavy atom. The van der Waals surface area contributed by atoms with E-state index in [4.69, 9.17) is 9.47 Å². The van der Waals surface area contributed by atoms with E-state index in [1.165, 1.54) is 88.2 Å². The number of unbranched alkanes of at least 4 members (excludes halogenated alkanes) is 10. The number of benzene rings is 3. The van der Waals surface area contributed by atoms with Gasteiger partial charge in [0.15, 0.2) is 0 Å². The Bertz CT molecular complexity index is 931. The monoisotopic (exact) mass is 564 g/mol. The van der Waals surface area contributed by atoms with Crippen molar-refractivity contribution < 1.29 is 9.47 Å². The lowest BCUT2D eigenvalue weighted by Gasteiger charge is -2.13. The minimum atomic E-state index is 0.751. The second kappa shape index (κ2) is 17.3. The molecule has 3 heteroatoms. The fourth-order valence-corrected chi connectivity index (χ4v) is 5.00. The summed E-state index contributed by atoms with van der Waals surface area (Å²) in [5.74, 6) is 3.17. The van der Waals surface area contributed by atoms with Crippen LogP contribution in [0.15, 0.2) is 71.2 Å². The van der Waals surface area contributed by atoms with Gasteiger partial charge in [0.1, 0.15) is 27.5 Å². The van der Waals surface area contributed by atoms with E-state index in [-0.39, 0.29) is 0 Å². The Morgan fingerprint density at radius 3 is 1.27 bits per heavy atom. The summed E-state index contributed by atoms with van der Waals surface area (Å²) in [4.78, 5) is 0. The number of ether oxygens (including phenoxy) is 2. The Labute approximate surface area is 233 Å². The van der Waals surface area contributed by atoms with Crippen molar-refractivity contribution in [2.75, 3.05) is 0 Å². The van der Waals surface area contributed by atoms with E-state index >= 15 is 0 Å². The highest BCUT2D eigenvalue weighted by atomic mass is 79.9. The molecule has 0 saturated carbocycles. The van der Waals surface area contributed by atoms with E-state index in [1.54, 1.807) is 0 Å². The van der Waals surface area contributed by atoms with E-state index in [9.17, 15) is 0 Å². The zero-order valence-electron chi connectivity index (χ0n) is 22.9.